The second kappa shape index (κ2) is 5.85. The van der Waals surface area contributed by atoms with Crippen molar-refractivity contribution in [2.45, 2.75) is 33.9 Å². The van der Waals surface area contributed by atoms with Crippen molar-refractivity contribution in [2.24, 2.45) is 5.41 Å². The van der Waals surface area contributed by atoms with Gasteiger partial charge in [0.05, 0.1) is 0 Å². The third-order valence-corrected chi connectivity index (χ3v) is 2.44. The van der Waals surface area contributed by atoms with Crippen LogP contribution in [0.3, 0.4) is 0 Å². The van der Waals surface area contributed by atoms with E-state index >= 15 is 0 Å². The molecule has 0 unspecified atom stereocenters. The molecule has 0 aliphatic heterocycles. The predicted octanol–water partition coefficient (Wildman–Crippen LogP) is 3.41. The molecule has 1 aromatic heterocycles. The van der Waals surface area contributed by atoms with Crippen LogP contribution >= 0.6 is 0 Å². The summed E-state index contributed by atoms with van der Waals surface area (Å²) in [5, 5.41) is 2.73. The van der Waals surface area contributed by atoms with Gasteiger partial charge in [-0.2, -0.15) is 18.2 Å². The van der Waals surface area contributed by atoms with Gasteiger partial charge in [0.15, 0.2) is 5.69 Å². The number of anilines is 2. The fourth-order valence-corrected chi connectivity index (χ4v) is 1.80. The molecule has 1 aromatic rings. The van der Waals surface area contributed by atoms with Gasteiger partial charge >= 0.3 is 6.18 Å². The fourth-order valence-electron chi connectivity index (χ4n) is 1.80. The fraction of sp³-hybridized carbons (Fsp3) is 0.692. The maximum atomic E-state index is 12.9. The molecule has 114 valence electrons. The van der Waals surface area contributed by atoms with Gasteiger partial charge in [-0.1, -0.05) is 20.8 Å². The van der Waals surface area contributed by atoms with Crippen LogP contribution < -0.4 is 10.2 Å². The van der Waals surface area contributed by atoms with Crippen molar-refractivity contribution in [2.75, 3.05) is 30.4 Å². The van der Waals surface area contributed by atoms with Crippen LogP contribution in [-0.4, -0.2) is 30.1 Å². The Morgan fingerprint density at radius 3 is 2.25 bits per heavy atom. The van der Waals surface area contributed by atoms with Crippen molar-refractivity contribution in [3.8, 4) is 0 Å². The highest BCUT2D eigenvalue weighted by Crippen LogP contribution is 2.31. The van der Waals surface area contributed by atoms with Crippen molar-refractivity contribution in [1.29, 1.82) is 0 Å². The number of alkyl halides is 3. The highest BCUT2D eigenvalue weighted by atomic mass is 19.4. The summed E-state index contributed by atoms with van der Waals surface area (Å²) in [7, 11) is 1.73. The molecular weight excluding hydrogens is 269 g/mol. The predicted molar refractivity (Wildman–Crippen MR) is 73.9 cm³/mol. The molecule has 0 aromatic carbocycles. The van der Waals surface area contributed by atoms with E-state index < -0.39 is 11.9 Å². The molecular formula is C13H21F3N4. The summed E-state index contributed by atoms with van der Waals surface area (Å²) in [4.78, 5) is 9.33. The first-order valence-electron chi connectivity index (χ1n) is 6.44. The molecule has 0 saturated carbocycles. The first-order chi connectivity index (χ1) is 9.03. The zero-order valence-corrected chi connectivity index (χ0v) is 12.5. The van der Waals surface area contributed by atoms with Gasteiger partial charge in [0.2, 0.25) is 5.95 Å². The summed E-state index contributed by atoms with van der Waals surface area (Å²) in [6.07, 6.45) is -4.48. The Bertz CT molecular complexity index is 452. The lowest BCUT2D eigenvalue weighted by Crippen LogP contribution is -2.30. The standard InChI is InChI=1S/C13H21F3N4/c1-6-17-11-18-9(13(14,15)16)7-10(19-11)20(5)8-12(2,3)4/h7H,6,8H2,1-5H3,(H,17,18,19). The Hall–Kier alpha value is -1.53. The molecule has 0 fully saturated rings. The highest BCUT2D eigenvalue weighted by Gasteiger charge is 2.34. The van der Waals surface area contributed by atoms with Crippen LogP contribution in [0, 0.1) is 5.41 Å². The van der Waals surface area contributed by atoms with Crippen LogP contribution in [-0.2, 0) is 6.18 Å². The zero-order chi connectivity index (χ0) is 15.6. The molecule has 0 radical (unpaired) electrons. The van der Waals surface area contributed by atoms with E-state index in [0.717, 1.165) is 6.07 Å². The Balaban J connectivity index is 3.15. The van der Waals surface area contributed by atoms with Crippen LogP contribution in [0.2, 0.25) is 0 Å². The maximum absolute atomic E-state index is 12.9. The summed E-state index contributed by atoms with van der Waals surface area (Å²) in [6, 6.07) is 0.979. The third kappa shape index (κ3) is 4.86. The Kier molecular flexibility index (Phi) is 4.83. The monoisotopic (exact) mass is 290 g/mol. The zero-order valence-electron chi connectivity index (χ0n) is 12.5. The van der Waals surface area contributed by atoms with E-state index in [1.165, 1.54) is 0 Å². The molecule has 20 heavy (non-hydrogen) atoms. The van der Waals surface area contributed by atoms with Gasteiger partial charge in [-0.25, -0.2) is 4.98 Å². The summed E-state index contributed by atoms with van der Waals surface area (Å²) in [5.74, 6) is 0.260. The van der Waals surface area contributed by atoms with Crippen molar-refractivity contribution >= 4 is 11.8 Å². The van der Waals surface area contributed by atoms with E-state index in [0.29, 0.717) is 13.1 Å². The largest absolute Gasteiger partial charge is 0.433 e. The van der Waals surface area contributed by atoms with Crippen molar-refractivity contribution < 1.29 is 13.2 Å². The normalized spacial score (nSPS) is 12.4. The van der Waals surface area contributed by atoms with Crippen LogP contribution in [0.25, 0.3) is 0 Å². The average molecular weight is 290 g/mol. The summed E-state index contributed by atoms with van der Waals surface area (Å²) >= 11 is 0. The smallest absolute Gasteiger partial charge is 0.359 e. The molecule has 4 nitrogen and oxygen atoms in total. The van der Waals surface area contributed by atoms with Crippen molar-refractivity contribution in [3.05, 3.63) is 11.8 Å². The number of hydrogen-bond donors (Lipinski definition) is 1. The van der Waals surface area contributed by atoms with Crippen LogP contribution in [0.5, 0.6) is 0 Å². The van der Waals surface area contributed by atoms with Gasteiger partial charge in [-0.15, -0.1) is 0 Å². The second-order valence-corrected chi connectivity index (χ2v) is 5.88. The Morgan fingerprint density at radius 1 is 1.20 bits per heavy atom. The Morgan fingerprint density at radius 2 is 1.80 bits per heavy atom. The number of hydrogen-bond acceptors (Lipinski definition) is 4. The summed E-state index contributed by atoms with van der Waals surface area (Å²) in [5.41, 5.74) is -0.976. The first kappa shape index (κ1) is 16.5. The van der Waals surface area contributed by atoms with E-state index in [4.69, 9.17) is 0 Å². The van der Waals surface area contributed by atoms with Crippen LogP contribution in [0.15, 0.2) is 6.07 Å². The molecule has 0 atom stereocenters. The minimum Gasteiger partial charge on any atom is -0.359 e. The molecule has 0 aliphatic carbocycles. The number of rotatable bonds is 4. The van der Waals surface area contributed by atoms with Gasteiger partial charge in [0.25, 0.3) is 0 Å². The quantitative estimate of drug-likeness (QED) is 0.922. The number of nitrogens with one attached hydrogen (secondary N) is 1. The molecule has 0 amide bonds. The minimum absolute atomic E-state index is 0.00177. The summed E-state index contributed by atoms with van der Waals surface area (Å²) < 4.78 is 38.6. The van der Waals surface area contributed by atoms with Crippen LogP contribution in [0.1, 0.15) is 33.4 Å². The molecule has 0 aliphatic rings. The lowest BCUT2D eigenvalue weighted by Gasteiger charge is -2.28. The van der Waals surface area contributed by atoms with Crippen molar-refractivity contribution in [3.63, 3.8) is 0 Å². The molecule has 0 spiro atoms. The molecule has 1 N–H and O–H groups in total. The van der Waals surface area contributed by atoms with E-state index in [1.807, 2.05) is 20.8 Å². The Labute approximate surface area is 117 Å². The second-order valence-electron chi connectivity index (χ2n) is 5.88. The lowest BCUT2D eigenvalue weighted by atomic mass is 9.96. The molecule has 1 rings (SSSR count). The SMILES string of the molecule is CCNc1nc(N(C)CC(C)(C)C)cc(C(F)(F)F)n1. The topological polar surface area (TPSA) is 41.1 Å². The lowest BCUT2D eigenvalue weighted by molar-refractivity contribution is -0.141. The van der Waals surface area contributed by atoms with E-state index in [-0.39, 0.29) is 17.2 Å². The van der Waals surface area contributed by atoms with Gasteiger partial charge in [0.1, 0.15) is 5.82 Å². The van der Waals surface area contributed by atoms with E-state index in [9.17, 15) is 13.2 Å². The third-order valence-electron chi connectivity index (χ3n) is 2.44. The molecule has 1 heterocycles. The van der Waals surface area contributed by atoms with Crippen LogP contribution in [0.4, 0.5) is 24.9 Å². The van der Waals surface area contributed by atoms with Gasteiger partial charge in [-0.05, 0) is 12.3 Å². The molecule has 7 heteroatoms. The number of nitrogens with zero attached hydrogens (tertiary/aromatic N) is 3. The number of aromatic nitrogens is 2. The van der Waals surface area contributed by atoms with E-state index in [2.05, 4.69) is 15.3 Å². The maximum Gasteiger partial charge on any atom is 0.433 e. The van der Waals surface area contributed by atoms with Crippen molar-refractivity contribution in [1.82, 2.24) is 9.97 Å². The van der Waals surface area contributed by atoms with Gasteiger partial charge < -0.3 is 10.2 Å². The van der Waals surface area contributed by atoms with Gasteiger partial charge in [0, 0.05) is 26.2 Å². The van der Waals surface area contributed by atoms with Gasteiger partial charge in [-0.3, -0.25) is 0 Å². The summed E-state index contributed by atoms with van der Waals surface area (Å²) in [6.45, 7) is 8.88. The van der Waals surface area contributed by atoms with E-state index in [1.54, 1.807) is 18.9 Å². The molecule has 0 saturated heterocycles. The highest BCUT2D eigenvalue weighted by molar-refractivity contribution is 5.45. The average Bonchev–Trinajstić information content (AvgIpc) is 2.25. The molecule has 0 bridgehead atoms. The first-order valence-corrected chi connectivity index (χ1v) is 6.44. The minimum atomic E-state index is -4.48. The number of halogens is 3.